The molecule has 9 heteroatoms. The Hall–Kier alpha value is -3.75. The van der Waals surface area contributed by atoms with Gasteiger partial charge in [0.25, 0.3) is 0 Å². The van der Waals surface area contributed by atoms with Crippen LogP contribution in [0.25, 0.3) is 33.1 Å². The van der Waals surface area contributed by atoms with E-state index in [0.717, 1.165) is 17.1 Å². The fourth-order valence-corrected chi connectivity index (χ4v) is 3.12. The Kier molecular flexibility index (Phi) is 4.07. The molecule has 0 fully saturated rings. The lowest BCUT2D eigenvalue weighted by Gasteiger charge is -2.12. The number of nitrogens with zero attached hydrogens (tertiary/aromatic N) is 4. The van der Waals surface area contributed by atoms with E-state index in [1.807, 2.05) is 5.10 Å². The molecular formula is C19H13F3N6. The number of nitrogens with one attached hydrogen (secondary N) is 2. The zero-order valence-corrected chi connectivity index (χ0v) is 14.4. The maximum atomic E-state index is 13.3. The molecule has 2 N–H and O–H groups in total. The van der Waals surface area contributed by atoms with Crippen molar-refractivity contribution in [3.63, 3.8) is 0 Å². The lowest BCUT2D eigenvalue weighted by atomic mass is 9.98. The monoisotopic (exact) mass is 382 g/mol. The zero-order valence-electron chi connectivity index (χ0n) is 14.4. The van der Waals surface area contributed by atoms with Gasteiger partial charge < -0.3 is 0 Å². The quantitative estimate of drug-likeness (QED) is 0.505. The first-order valence-electron chi connectivity index (χ1n) is 8.13. The third-order valence-corrected chi connectivity index (χ3v) is 4.29. The van der Waals surface area contributed by atoms with E-state index in [9.17, 15) is 13.2 Å². The molecule has 3 heterocycles. The molecule has 0 atom stereocenters. The first kappa shape index (κ1) is 17.7. The average molecular weight is 382 g/mol. The third-order valence-electron chi connectivity index (χ3n) is 4.29. The van der Waals surface area contributed by atoms with Crippen molar-refractivity contribution < 1.29 is 13.2 Å². The summed E-state index contributed by atoms with van der Waals surface area (Å²) in [5.41, 5.74) is 1.29. The van der Waals surface area contributed by atoms with Crippen molar-refractivity contribution in [3.05, 3.63) is 67.3 Å². The standard InChI is InChI=1S/C19H13F3N6/c1-3-13(23-4-2)10-7-16(12-9-25-28-18(12)19(20,21)22)26-15-6-5-14-11(17(10)15)8-24-27-14/h3-9H,1-2H2,(H,24,27)(H,25,28). The topological polar surface area (TPSA) is 82.6 Å². The van der Waals surface area contributed by atoms with Gasteiger partial charge in [-0.15, -0.1) is 0 Å². The van der Waals surface area contributed by atoms with Gasteiger partial charge in [-0.1, -0.05) is 13.2 Å². The molecule has 0 amide bonds. The number of benzene rings is 1. The fraction of sp³-hybridized carbons (Fsp3) is 0.0526. The van der Waals surface area contributed by atoms with Crippen LogP contribution in [0, 0.1) is 0 Å². The van der Waals surface area contributed by atoms with E-state index in [1.54, 1.807) is 24.4 Å². The lowest BCUT2D eigenvalue weighted by Crippen LogP contribution is -2.08. The predicted octanol–water partition coefficient (Wildman–Crippen LogP) is 4.64. The molecule has 3 aromatic heterocycles. The van der Waals surface area contributed by atoms with Crippen LogP contribution >= 0.6 is 0 Å². The normalized spacial score (nSPS) is 12.6. The molecule has 0 bridgehead atoms. The Bertz CT molecular complexity index is 1250. The van der Waals surface area contributed by atoms with E-state index >= 15 is 0 Å². The largest absolute Gasteiger partial charge is 0.433 e. The van der Waals surface area contributed by atoms with E-state index in [-0.39, 0.29) is 11.3 Å². The van der Waals surface area contributed by atoms with Crippen molar-refractivity contribution in [1.29, 1.82) is 0 Å². The number of pyridine rings is 1. The Labute approximate surface area is 156 Å². The number of allylic oxidation sites excluding steroid dienone is 1. The molecule has 0 aliphatic heterocycles. The number of H-pyrrole nitrogens is 2. The SMILES string of the molecule is C=CN=C(C=C)c1cc(-c2cn[nH]c2C(F)(F)F)nc2ccc3[nH]ncc3c12. The van der Waals surface area contributed by atoms with Gasteiger partial charge in [0.05, 0.1) is 40.4 Å². The predicted molar refractivity (Wildman–Crippen MR) is 101 cm³/mol. The van der Waals surface area contributed by atoms with E-state index < -0.39 is 11.9 Å². The Morgan fingerprint density at radius 1 is 1.11 bits per heavy atom. The van der Waals surface area contributed by atoms with Crippen molar-refractivity contribution in [2.45, 2.75) is 6.18 Å². The van der Waals surface area contributed by atoms with E-state index in [1.165, 1.54) is 12.3 Å². The minimum atomic E-state index is -4.59. The smallest absolute Gasteiger partial charge is 0.278 e. The summed E-state index contributed by atoms with van der Waals surface area (Å²) < 4.78 is 40.0. The summed E-state index contributed by atoms with van der Waals surface area (Å²) >= 11 is 0. The number of hydrogen-bond donors (Lipinski definition) is 2. The first-order valence-corrected chi connectivity index (χ1v) is 8.13. The van der Waals surface area contributed by atoms with Crippen molar-refractivity contribution >= 4 is 27.5 Å². The van der Waals surface area contributed by atoms with Gasteiger partial charge in [0, 0.05) is 22.5 Å². The molecule has 0 unspecified atom stereocenters. The van der Waals surface area contributed by atoms with E-state index in [4.69, 9.17) is 0 Å². The summed E-state index contributed by atoms with van der Waals surface area (Å²) in [7, 11) is 0. The van der Waals surface area contributed by atoms with Crippen molar-refractivity contribution in [3.8, 4) is 11.3 Å². The van der Waals surface area contributed by atoms with Crippen LogP contribution < -0.4 is 0 Å². The second kappa shape index (κ2) is 6.45. The molecule has 0 radical (unpaired) electrons. The number of aromatic amines is 2. The van der Waals surface area contributed by atoms with E-state index in [2.05, 4.69) is 38.4 Å². The van der Waals surface area contributed by atoms with Crippen LogP contribution in [0.4, 0.5) is 13.2 Å². The first-order chi connectivity index (χ1) is 13.4. The van der Waals surface area contributed by atoms with Gasteiger partial charge in [-0.05, 0) is 24.3 Å². The molecule has 0 aliphatic rings. The summed E-state index contributed by atoms with van der Waals surface area (Å²) in [5.74, 6) is 0. The number of aliphatic imine (C=N–C) groups is 1. The zero-order chi connectivity index (χ0) is 19.9. The molecule has 0 aliphatic carbocycles. The molecule has 4 rings (SSSR count). The number of hydrogen-bond acceptors (Lipinski definition) is 4. The maximum Gasteiger partial charge on any atom is 0.433 e. The minimum Gasteiger partial charge on any atom is -0.278 e. The second-order valence-electron chi connectivity index (χ2n) is 5.90. The van der Waals surface area contributed by atoms with Gasteiger partial charge >= 0.3 is 6.18 Å². The Balaban J connectivity index is 2.10. The van der Waals surface area contributed by atoms with Crippen LogP contribution in [0.3, 0.4) is 0 Å². The van der Waals surface area contributed by atoms with Crippen LogP contribution in [-0.2, 0) is 6.18 Å². The summed E-state index contributed by atoms with van der Waals surface area (Å²) in [4.78, 5) is 8.65. The van der Waals surface area contributed by atoms with Crippen molar-refractivity contribution in [1.82, 2.24) is 25.4 Å². The number of fused-ring (bicyclic) bond motifs is 3. The van der Waals surface area contributed by atoms with Crippen LogP contribution in [-0.4, -0.2) is 31.1 Å². The fourth-order valence-electron chi connectivity index (χ4n) is 3.12. The number of halogens is 3. The van der Waals surface area contributed by atoms with Crippen LogP contribution in [0.2, 0.25) is 0 Å². The highest BCUT2D eigenvalue weighted by molar-refractivity contribution is 6.22. The molecule has 0 saturated heterocycles. The summed E-state index contributed by atoms with van der Waals surface area (Å²) in [5, 5.41) is 13.9. The number of rotatable bonds is 4. The van der Waals surface area contributed by atoms with Gasteiger partial charge in [0.15, 0.2) is 0 Å². The molecule has 1 aromatic carbocycles. The average Bonchev–Trinajstić information content (AvgIpc) is 3.33. The van der Waals surface area contributed by atoms with Crippen LogP contribution in [0.5, 0.6) is 0 Å². The second-order valence-corrected chi connectivity index (χ2v) is 5.90. The van der Waals surface area contributed by atoms with Crippen molar-refractivity contribution in [2.24, 2.45) is 4.99 Å². The molecule has 0 spiro atoms. The highest BCUT2D eigenvalue weighted by atomic mass is 19.4. The van der Waals surface area contributed by atoms with Gasteiger partial charge in [0.2, 0.25) is 0 Å². The highest BCUT2D eigenvalue weighted by Gasteiger charge is 2.36. The highest BCUT2D eigenvalue weighted by Crippen LogP contribution is 2.37. The molecular weight excluding hydrogens is 369 g/mol. The van der Waals surface area contributed by atoms with Crippen LogP contribution in [0.15, 0.2) is 61.0 Å². The molecule has 6 nitrogen and oxygen atoms in total. The Morgan fingerprint density at radius 3 is 2.61 bits per heavy atom. The summed E-state index contributed by atoms with van der Waals surface area (Å²) in [6.45, 7) is 7.35. The molecule has 0 saturated carbocycles. The molecule has 140 valence electrons. The number of alkyl halides is 3. The summed E-state index contributed by atoms with van der Waals surface area (Å²) in [6, 6.07) is 5.02. The van der Waals surface area contributed by atoms with Gasteiger partial charge in [0.1, 0.15) is 5.69 Å². The Morgan fingerprint density at radius 2 is 1.89 bits per heavy atom. The van der Waals surface area contributed by atoms with Gasteiger partial charge in [-0.25, -0.2) is 4.98 Å². The number of aromatic nitrogens is 5. The van der Waals surface area contributed by atoms with E-state index in [0.29, 0.717) is 22.2 Å². The third kappa shape index (κ3) is 2.77. The van der Waals surface area contributed by atoms with Crippen LogP contribution in [0.1, 0.15) is 11.3 Å². The lowest BCUT2D eigenvalue weighted by molar-refractivity contribution is -0.140. The molecule has 4 aromatic rings. The van der Waals surface area contributed by atoms with Gasteiger partial charge in [-0.2, -0.15) is 23.4 Å². The maximum absolute atomic E-state index is 13.3. The van der Waals surface area contributed by atoms with Crippen molar-refractivity contribution in [2.75, 3.05) is 0 Å². The summed E-state index contributed by atoms with van der Waals surface area (Å²) in [6.07, 6.45) is 1.01. The minimum absolute atomic E-state index is 0.116. The molecule has 28 heavy (non-hydrogen) atoms. The van der Waals surface area contributed by atoms with Gasteiger partial charge in [-0.3, -0.25) is 15.2 Å².